The second kappa shape index (κ2) is 6.82. The Morgan fingerprint density at radius 3 is 2.46 bits per heavy atom. The van der Waals surface area contributed by atoms with Crippen molar-refractivity contribution in [1.82, 2.24) is 25.1 Å². The van der Waals surface area contributed by atoms with E-state index in [2.05, 4.69) is 20.4 Å². The van der Waals surface area contributed by atoms with Gasteiger partial charge in [-0.1, -0.05) is 18.2 Å². The first-order valence-corrected chi connectivity index (χ1v) is 9.60. The van der Waals surface area contributed by atoms with Crippen LogP contribution in [0.3, 0.4) is 0 Å². The van der Waals surface area contributed by atoms with E-state index in [9.17, 15) is 9.18 Å². The molecule has 3 atom stereocenters. The molecule has 3 aromatic rings. The van der Waals surface area contributed by atoms with Gasteiger partial charge in [0.05, 0.1) is 5.69 Å². The molecule has 28 heavy (non-hydrogen) atoms. The van der Waals surface area contributed by atoms with Gasteiger partial charge in [0.1, 0.15) is 12.1 Å². The Labute approximate surface area is 162 Å². The van der Waals surface area contributed by atoms with Crippen LogP contribution < -0.4 is 0 Å². The lowest BCUT2D eigenvalue weighted by atomic mass is 9.85. The molecule has 1 amide bonds. The molecule has 0 N–H and O–H groups in total. The minimum absolute atomic E-state index is 0.0694. The molecule has 0 aliphatic carbocycles. The lowest BCUT2D eigenvalue weighted by Crippen LogP contribution is -2.46. The number of nitrogens with zero attached hydrogens (tertiary/aromatic N) is 5. The molecule has 2 saturated heterocycles. The van der Waals surface area contributed by atoms with Crippen molar-refractivity contribution in [3.05, 3.63) is 71.8 Å². The number of piperidine rings is 1. The first-order valence-electron chi connectivity index (χ1n) is 9.60. The van der Waals surface area contributed by atoms with Crippen LogP contribution in [0.4, 0.5) is 4.39 Å². The summed E-state index contributed by atoms with van der Waals surface area (Å²) in [6.07, 6.45) is 5.43. The van der Waals surface area contributed by atoms with Gasteiger partial charge in [0.25, 0.3) is 5.91 Å². The summed E-state index contributed by atoms with van der Waals surface area (Å²) in [6.45, 7) is 0. The average molecular weight is 377 g/mol. The molecule has 6 nitrogen and oxygen atoms in total. The highest BCUT2D eigenvalue weighted by Gasteiger charge is 2.43. The molecule has 1 unspecified atom stereocenters. The van der Waals surface area contributed by atoms with Gasteiger partial charge in [-0.05, 0) is 77.9 Å². The summed E-state index contributed by atoms with van der Waals surface area (Å²) in [5.74, 6) is 0.247. The smallest absolute Gasteiger partial charge is 0.254 e. The third kappa shape index (κ3) is 2.96. The first-order chi connectivity index (χ1) is 13.7. The number of halogens is 1. The minimum atomic E-state index is -0.207. The van der Waals surface area contributed by atoms with E-state index in [1.54, 1.807) is 4.68 Å². The maximum atomic E-state index is 13.3. The lowest BCUT2D eigenvalue weighted by molar-refractivity contribution is 0.0571. The molecule has 1 aromatic heterocycles. The second-order valence-corrected chi connectivity index (χ2v) is 7.62. The van der Waals surface area contributed by atoms with Crippen molar-refractivity contribution in [1.29, 1.82) is 0 Å². The van der Waals surface area contributed by atoms with E-state index in [1.165, 1.54) is 24.0 Å². The number of amides is 1. The topological polar surface area (TPSA) is 63.9 Å². The monoisotopic (exact) mass is 377 g/mol. The number of fused-ring (bicyclic) bond motifs is 2. The van der Waals surface area contributed by atoms with Crippen LogP contribution in [0, 0.1) is 5.82 Å². The lowest BCUT2D eigenvalue weighted by Gasteiger charge is -2.39. The van der Waals surface area contributed by atoms with Crippen LogP contribution >= 0.6 is 0 Å². The fourth-order valence-electron chi connectivity index (χ4n) is 4.73. The number of hydrogen-bond donors (Lipinski definition) is 0. The molecular formula is C21H20FN5O. The molecule has 3 heterocycles. The average Bonchev–Trinajstić information content (AvgIpc) is 3.35. The normalized spacial score (nSPS) is 23.8. The maximum Gasteiger partial charge on any atom is 0.254 e. The van der Waals surface area contributed by atoms with Crippen molar-refractivity contribution < 1.29 is 9.18 Å². The molecule has 142 valence electrons. The van der Waals surface area contributed by atoms with Crippen LogP contribution in [0.2, 0.25) is 0 Å². The van der Waals surface area contributed by atoms with E-state index in [0.29, 0.717) is 11.5 Å². The van der Waals surface area contributed by atoms with E-state index in [0.717, 1.165) is 31.4 Å². The Morgan fingerprint density at radius 2 is 1.79 bits per heavy atom. The van der Waals surface area contributed by atoms with Gasteiger partial charge in [-0.15, -0.1) is 5.10 Å². The van der Waals surface area contributed by atoms with Gasteiger partial charge in [0, 0.05) is 17.6 Å². The summed E-state index contributed by atoms with van der Waals surface area (Å²) >= 11 is 0. The SMILES string of the molecule is O=C(c1cccc(-n2cnnn2)c1)N1[C@@H]2CC[C@H]1CC(c1ccc(F)cc1)C2. The first kappa shape index (κ1) is 17.0. The molecule has 2 bridgehead atoms. The second-order valence-electron chi connectivity index (χ2n) is 7.62. The molecule has 2 aliphatic rings. The fourth-order valence-corrected chi connectivity index (χ4v) is 4.73. The predicted molar refractivity (Wildman–Crippen MR) is 101 cm³/mol. The van der Waals surface area contributed by atoms with Gasteiger partial charge in [-0.2, -0.15) is 0 Å². The summed E-state index contributed by atoms with van der Waals surface area (Å²) in [6, 6.07) is 14.7. The fraction of sp³-hybridized carbons (Fsp3) is 0.333. The van der Waals surface area contributed by atoms with E-state index < -0.39 is 0 Å². The van der Waals surface area contributed by atoms with Crippen LogP contribution in [0.5, 0.6) is 0 Å². The van der Waals surface area contributed by atoms with Crippen LogP contribution in [-0.4, -0.2) is 43.1 Å². The summed E-state index contributed by atoms with van der Waals surface area (Å²) in [4.78, 5) is 15.4. The van der Waals surface area contributed by atoms with Crippen molar-refractivity contribution in [2.45, 2.75) is 43.7 Å². The Bertz CT molecular complexity index is 974. The van der Waals surface area contributed by atoms with E-state index >= 15 is 0 Å². The number of carbonyl (C=O) groups excluding carboxylic acids is 1. The van der Waals surface area contributed by atoms with Crippen molar-refractivity contribution in [3.63, 3.8) is 0 Å². The summed E-state index contributed by atoms with van der Waals surface area (Å²) in [5, 5.41) is 11.2. The van der Waals surface area contributed by atoms with Crippen molar-refractivity contribution >= 4 is 5.91 Å². The molecule has 0 spiro atoms. The number of aromatic nitrogens is 4. The molecule has 0 radical (unpaired) electrons. The van der Waals surface area contributed by atoms with Crippen molar-refractivity contribution in [3.8, 4) is 5.69 Å². The van der Waals surface area contributed by atoms with Crippen molar-refractivity contribution in [2.75, 3.05) is 0 Å². The maximum absolute atomic E-state index is 13.3. The highest BCUT2D eigenvalue weighted by Crippen LogP contribution is 2.43. The van der Waals surface area contributed by atoms with E-state index in [4.69, 9.17) is 0 Å². The number of rotatable bonds is 3. The van der Waals surface area contributed by atoms with Crippen LogP contribution in [0.25, 0.3) is 5.69 Å². The minimum Gasteiger partial charge on any atom is -0.333 e. The van der Waals surface area contributed by atoms with E-state index in [-0.39, 0.29) is 23.8 Å². The highest BCUT2D eigenvalue weighted by atomic mass is 19.1. The standard InChI is InChI=1S/C21H20FN5O/c22-17-6-4-14(5-7-17)16-11-19-8-9-20(12-16)27(19)21(28)15-2-1-3-18(10-15)26-13-23-24-25-26/h1-7,10,13,16,19-20H,8-9,11-12H2/t16?,19-,20+. The van der Waals surface area contributed by atoms with E-state index in [1.807, 2.05) is 36.4 Å². The largest absolute Gasteiger partial charge is 0.333 e. The van der Waals surface area contributed by atoms with Gasteiger partial charge >= 0.3 is 0 Å². The molecular weight excluding hydrogens is 357 g/mol. The highest BCUT2D eigenvalue weighted by molar-refractivity contribution is 5.95. The molecule has 2 fully saturated rings. The third-order valence-electron chi connectivity index (χ3n) is 6.02. The van der Waals surface area contributed by atoms with Gasteiger partial charge in [0.15, 0.2) is 0 Å². The van der Waals surface area contributed by atoms with Gasteiger partial charge in [0.2, 0.25) is 0 Å². The van der Waals surface area contributed by atoms with Gasteiger partial charge < -0.3 is 4.90 Å². The molecule has 2 aliphatic heterocycles. The van der Waals surface area contributed by atoms with Crippen LogP contribution in [0.1, 0.15) is 47.5 Å². The Hall–Kier alpha value is -3.09. The number of benzene rings is 2. The molecule has 5 rings (SSSR count). The third-order valence-corrected chi connectivity index (χ3v) is 6.02. The summed E-state index contributed by atoms with van der Waals surface area (Å²) < 4.78 is 14.8. The van der Waals surface area contributed by atoms with Gasteiger partial charge in [-0.25, -0.2) is 9.07 Å². The predicted octanol–water partition coefficient (Wildman–Crippen LogP) is 3.35. The zero-order chi connectivity index (χ0) is 19.1. The number of tetrazole rings is 1. The summed E-state index contributed by atoms with van der Waals surface area (Å²) in [5.41, 5.74) is 2.60. The molecule has 7 heteroatoms. The van der Waals surface area contributed by atoms with Gasteiger partial charge in [-0.3, -0.25) is 4.79 Å². The Balaban J connectivity index is 1.37. The summed E-state index contributed by atoms with van der Waals surface area (Å²) in [7, 11) is 0. The quantitative estimate of drug-likeness (QED) is 0.702. The molecule has 0 saturated carbocycles. The Morgan fingerprint density at radius 1 is 1.04 bits per heavy atom. The van der Waals surface area contributed by atoms with Crippen LogP contribution in [-0.2, 0) is 0 Å². The zero-order valence-electron chi connectivity index (χ0n) is 15.3. The zero-order valence-corrected chi connectivity index (χ0v) is 15.3. The van der Waals surface area contributed by atoms with Crippen LogP contribution in [0.15, 0.2) is 54.9 Å². The Kier molecular flexibility index (Phi) is 4.15. The number of carbonyl (C=O) groups is 1. The van der Waals surface area contributed by atoms with Crippen molar-refractivity contribution in [2.24, 2.45) is 0 Å². The number of hydrogen-bond acceptors (Lipinski definition) is 4. The molecule has 2 aromatic carbocycles.